The van der Waals surface area contributed by atoms with Gasteiger partial charge in [-0.1, -0.05) is 5.21 Å². The van der Waals surface area contributed by atoms with E-state index in [0.717, 1.165) is 5.69 Å². The van der Waals surface area contributed by atoms with Crippen LogP contribution in [0, 0.1) is 5.92 Å². The first-order valence-electron chi connectivity index (χ1n) is 5.92. The van der Waals surface area contributed by atoms with E-state index in [9.17, 15) is 9.59 Å². The zero-order chi connectivity index (χ0) is 14.2. The highest BCUT2D eigenvalue weighted by atomic mass is 16.4. The summed E-state index contributed by atoms with van der Waals surface area (Å²) in [6, 6.07) is 0. The molecule has 102 valence electrons. The van der Waals surface area contributed by atoms with E-state index in [0.29, 0.717) is 6.42 Å². The van der Waals surface area contributed by atoms with Crippen molar-refractivity contribution >= 4 is 11.8 Å². The van der Waals surface area contributed by atoms with E-state index in [1.54, 1.807) is 36.9 Å². The number of hydrogen-bond donors (Lipinski definition) is 1. The summed E-state index contributed by atoms with van der Waals surface area (Å²) >= 11 is 0. The van der Waals surface area contributed by atoms with Gasteiger partial charge in [-0.15, -0.1) is 5.10 Å². The van der Waals surface area contributed by atoms with Crippen LogP contribution in [0.5, 0.6) is 0 Å². The largest absolute Gasteiger partial charge is 0.478 e. The molecule has 0 spiro atoms. The third-order valence-electron chi connectivity index (χ3n) is 3.01. The molecule has 1 aromatic heterocycles. The number of carboxylic acid groups (broad SMARTS) is 1. The molecule has 0 saturated heterocycles. The van der Waals surface area contributed by atoms with Gasteiger partial charge in [-0.2, -0.15) is 0 Å². The lowest BCUT2D eigenvalue weighted by Crippen LogP contribution is -2.18. The molecule has 0 aliphatic heterocycles. The topological polar surface area (TPSA) is 88.3 Å². The number of carboxylic acids is 1. The number of aryl methyl sites for hydroxylation is 1. The van der Waals surface area contributed by atoms with Crippen LogP contribution in [0.1, 0.15) is 18.0 Å². The molecule has 1 aliphatic rings. The normalized spacial score (nSPS) is 22.2. The molecule has 7 heteroatoms. The molecule has 0 unspecified atom stereocenters. The molecule has 1 saturated carbocycles. The van der Waals surface area contributed by atoms with E-state index in [1.807, 2.05) is 0 Å². The molecule has 1 aromatic rings. The predicted molar refractivity (Wildman–Crippen MR) is 66.3 cm³/mol. The second kappa shape index (κ2) is 4.83. The van der Waals surface area contributed by atoms with Crippen molar-refractivity contribution in [2.45, 2.75) is 12.3 Å². The van der Waals surface area contributed by atoms with E-state index in [4.69, 9.17) is 5.11 Å². The van der Waals surface area contributed by atoms with Gasteiger partial charge in [0.05, 0.1) is 5.69 Å². The Bertz CT molecular complexity index is 547. The lowest BCUT2D eigenvalue weighted by atomic mass is 10.1. The first kappa shape index (κ1) is 13.3. The molecule has 0 amide bonds. The molecule has 0 bridgehead atoms. The van der Waals surface area contributed by atoms with Crippen LogP contribution < -0.4 is 0 Å². The number of hydrogen-bond acceptors (Lipinski definition) is 5. The summed E-state index contributed by atoms with van der Waals surface area (Å²) in [6.45, 7) is 0. The number of Topliss-reactive ketones (excluding diaryl/α,β-unsaturated/α-hetero) is 1. The Morgan fingerprint density at radius 3 is 2.68 bits per heavy atom. The number of carbonyl (C=O) groups is 2. The summed E-state index contributed by atoms with van der Waals surface area (Å²) in [5.41, 5.74) is 0.567. The van der Waals surface area contributed by atoms with Gasteiger partial charge in [-0.25, -0.2) is 4.79 Å². The first-order valence-corrected chi connectivity index (χ1v) is 5.92. The molecule has 2 atom stereocenters. The predicted octanol–water partition coefficient (Wildman–Crippen LogP) is 0.0178. The summed E-state index contributed by atoms with van der Waals surface area (Å²) in [5.74, 6) is -1.83. The van der Waals surface area contributed by atoms with Crippen molar-refractivity contribution in [2.24, 2.45) is 13.0 Å². The maximum Gasteiger partial charge on any atom is 0.340 e. The van der Waals surface area contributed by atoms with Gasteiger partial charge in [-0.05, 0) is 6.42 Å². The SMILES string of the molecule is CN(C)/C=C(\C(=O)O)C(=O)[C@@H]1C[C@H]1c1cn(C)nn1. The van der Waals surface area contributed by atoms with Gasteiger partial charge in [0, 0.05) is 45.4 Å². The van der Waals surface area contributed by atoms with Crippen LogP contribution in [0.4, 0.5) is 0 Å². The monoisotopic (exact) mass is 264 g/mol. The Balaban J connectivity index is 2.11. The van der Waals surface area contributed by atoms with Gasteiger partial charge >= 0.3 is 5.97 Å². The standard InChI is InChI=1S/C12H16N4O3/c1-15(2)5-9(12(18)19)11(17)8-4-7(8)10-6-16(3)14-13-10/h5-8H,4H2,1-3H3,(H,18,19)/b9-5-/t7-,8-/m1/s1. The van der Waals surface area contributed by atoms with Gasteiger partial charge in [0.25, 0.3) is 0 Å². The van der Waals surface area contributed by atoms with Crippen LogP contribution in [0.25, 0.3) is 0 Å². The van der Waals surface area contributed by atoms with E-state index in [1.165, 1.54) is 6.20 Å². The maximum atomic E-state index is 12.1. The lowest BCUT2D eigenvalue weighted by Gasteiger charge is -2.07. The fourth-order valence-electron chi connectivity index (χ4n) is 2.03. The van der Waals surface area contributed by atoms with Gasteiger partial charge < -0.3 is 10.0 Å². The smallest absolute Gasteiger partial charge is 0.340 e. The molecule has 19 heavy (non-hydrogen) atoms. The molecule has 0 aromatic carbocycles. The number of rotatable bonds is 5. The quantitative estimate of drug-likeness (QED) is 0.458. The summed E-state index contributed by atoms with van der Waals surface area (Å²) in [6.07, 6.45) is 3.74. The highest BCUT2D eigenvalue weighted by Crippen LogP contribution is 2.48. The van der Waals surface area contributed by atoms with Crippen LogP contribution in [0.3, 0.4) is 0 Å². The third-order valence-corrected chi connectivity index (χ3v) is 3.01. The van der Waals surface area contributed by atoms with Gasteiger partial charge in [0.2, 0.25) is 0 Å². The van der Waals surface area contributed by atoms with Crippen molar-refractivity contribution in [3.05, 3.63) is 23.7 Å². The molecule has 0 radical (unpaired) electrons. The number of nitrogens with zero attached hydrogens (tertiary/aromatic N) is 4. The van der Waals surface area contributed by atoms with E-state index >= 15 is 0 Å². The Hall–Kier alpha value is -2.18. The van der Waals surface area contributed by atoms with Crippen LogP contribution in [-0.2, 0) is 16.6 Å². The van der Waals surface area contributed by atoms with Crippen molar-refractivity contribution in [1.82, 2.24) is 19.9 Å². The second-order valence-corrected chi connectivity index (χ2v) is 4.94. The highest BCUT2D eigenvalue weighted by Gasteiger charge is 2.47. The van der Waals surface area contributed by atoms with Crippen molar-refractivity contribution in [1.29, 1.82) is 0 Å². The van der Waals surface area contributed by atoms with Crippen LogP contribution in [-0.4, -0.2) is 50.8 Å². The number of aromatic nitrogens is 3. The second-order valence-electron chi connectivity index (χ2n) is 4.94. The molecule has 7 nitrogen and oxygen atoms in total. The molecule has 1 fully saturated rings. The van der Waals surface area contributed by atoms with Crippen LogP contribution in [0.15, 0.2) is 18.0 Å². The Kier molecular flexibility index (Phi) is 3.37. The molecular weight excluding hydrogens is 248 g/mol. The number of ketones is 1. The Labute approximate surface area is 110 Å². The van der Waals surface area contributed by atoms with Gasteiger partial charge in [-0.3, -0.25) is 9.48 Å². The fourth-order valence-corrected chi connectivity index (χ4v) is 2.03. The average Bonchev–Trinajstić information content (AvgIpc) is 3.01. The van der Waals surface area contributed by atoms with Crippen LogP contribution in [0.2, 0.25) is 0 Å². The van der Waals surface area contributed by atoms with Gasteiger partial charge in [0.15, 0.2) is 5.78 Å². The number of carbonyl (C=O) groups excluding carboxylic acids is 1. The molecule has 1 heterocycles. The first-order chi connectivity index (χ1) is 8.90. The van der Waals surface area contributed by atoms with Crippen molar-refractivity contribution < 1.29 is 14.7 Å². The fraction of sp³-hybridized carbons (Fsp3) is 0.500. The Morgan fingerprint density at radius 2 is 2.21 bits per heavy atom. The highest BCUT2D eigenvalue weighted by molar-refractivity contribution is 6.18. The van der Waals surface area contributed by atoms with Crippen LogP contribution >= 0.6 is 0 Å². The molecule has 1 N–H and O–H groups in total. The molecular formula is C12H16N4O3. The van der Waals surface area contributed by atoms with E-state index < -0.39 is 5.97 Å². The molecule has 2 rings (SSSR count). The summed E-state index contributed by atoms with van der Waals surface area (Å²) in [7, 11) is 5.12. The van der Waals surface area contributed by atoms with E-state index in [2.05, 4.69) is 10.3 Å². The minimum Gasteiger partial charge on any atom is -0.478 e. The van der Waals surface area contributed by atoms with Crippen molar-refractivity contribution in [3.63, 3.8) is 0 Å². The zero-order valence-corrected chi connectivity index (χ0v) is 11.1. The van der Waals surface area contributed by atoms with Gasteiger partial charge in [0.1, 0.15) is 5.57 Å². The summed E-state index contributed by atoms with van der Waals surface area (Å²) in [5, 5.41) is 16.9. The Morgan fingerprint density at radius 1 is 1.53 bits per heavy atom. The zero-order valence-electron chi connectivity index (χ0n) is 11.1. The minimum absolute atomic E-state index is 0.00823. The maximum absolute atomic E-state index is 12.1. The van der Waals surface area contributed by atoms with E-state index in [-0.39, 0.29) is 23.2 Å². The summed E-state index contributed by atoms with van der Waals surface area (Å²) in [4.78, 5) is 24.8. The average molecular weight is 264 g/mol. The van der Waals surface area contributed by atoms with Crippen molar-refractivity contribution in [3.8, 4) is 0 Å². The lowest BCUT2D eigenvalue weighted by molar-refractivity contribution is -0.135. The third kappa shape index (κ3) is 2.81. The minimum atomic E-state index is -1.19. The number of aliphatic carboxylic acids is 1. The van der Waals surface area contributed by atoms with Crippen molar-refractivity contribution in [2.75, 3.05) is 14.1 Å². The molecule has 1 aliphatic carbocycles. The summed E-state index contributed by atoms with van der Waals surface area (Å²) < 4.78 is 1.57.